The average Bonchev–Trinajstić information content (AvgIpc) is 2.23. The molecule has 0 aromatic rings. The first-order chi connectivity index (χ1) is 6.45. The molecule has 0 rings (SSSR count). The number of hydrogen-bond acceptors (Lipinski definition) is 1. The Balaban J connectivity index is 4.63. The molecule has 0 N–H and O–H groups in total. The molecular weight excluding hydrogens is 200 g/mol. The molecule has 0 radical (unpaired) electrons. The maximum Gasteiger partial charge on any atom is 0.205 e. The summed E-state index contributed by atoms with van der Waals surface area (Å²) in [5.74, 6) is -2.65. The van der Waals surface area contributed by atoms with Gasteiger partial charge < -0.3 is 4.74 Å². The van der Waals surface area contributed by atoms with Crippen LogP contribution in [0.5, 0.6) is 0 Å². The van der Waals surface area contributed by atoms with E-state index in [1.165, 1.54) is 6.92 Å². The average molecular weight is 211 g/mol. The molecule has 1 nitrogen and oxygen atoms in total. The van der Waals surface area contributed by atoms with E-state index >= 15 is 0 Å². The molecule has 0 amide bonds. The molecule has 0 aliphatic rings. The van der Waals surface area contributed by atoms with Crippen LogP contribution in [0.4, 0.5) is 17.6 Å². The number of hydrogen-bond donors (Lipinski definition) is 0. The zero-order valence-corrected chi connectivity index (χ0v) is 7.91. The van der Waals surface area contributed by atoms with Crippen LogP contribution in [0.1, 0.15) is 13.3 Å². The van der Waals surface area contributed by atoms with E-state index < -0.39 is 29.8 Å². The molecular formula is C9H11F4O-. The van der Waals surface area contributed by atoms with Crippen molar-refractivity contribution < 1.29 is 22.3 Å². The largest absolute Gasteiger partial charge is 0.355 e. The number of ether oxygens (including phenoxy) is 1. The summed E-state index contributed by atoms with van der Waals surface area (Å²) in [5, 5.41) is 0. The van der Waals surface area contributed by atoms with Crippen molar-refractivity contribution in [2.75, 3.05) is 7.11 Å². The predicted octanol–water partition coefficient (Wildman–Crippen LogP) is 3.55. The standard InChI is InChI=1S/C9H11F4O/c1-4-6(10)7(11)5(2)8(12)9(13)14-3/h9H,2,4H2,1,3H3/q-1/b7-6-. The van der Waals surface area contributed by atoms with Crippen molar-refractivity contribution in [3.05, 3.63) is 30.0 Å². The number of rotatable bonds is 5. The van der Waals surface area contributed by atoms with Gasteiger partial charge in [0.15, 0.2) is 0 Å². The second-order valence-corrected chi connectivity index (χ2v) is 2.45. The molecule has 0 saturated carbocycles. The Labute approximate surface area is 80.1 Å². The molecule has 0 fully saturated rings. The molecule has 0 aliphatic carbocycles. The van der Waals surface area contributed by atoms with Gasteiger partial charge in [0.25, 0.3) is 0 Å². The van der Waals surface area contributed by atoms with Gasteiger partial charge in [-0.2, -0.15) is 6.58 Å². The number of allylic oxidation sites excluding steroid dienone is 2. The Kier molecular flexibility index (Phi) is 5.30. The van der Waals surface area contributed by atoms with Gasteiger partial charge in [0.1, 0.15) is 0 Å². The molecule has 5 heteroatoms. The summed E-state index contributed by atoms with van der Waals surface area (Å²) in [4.78, 5) is 0. The highest BCUT2D eigenvalue weighted by Crippen LogP contribution is 2.30. The first-order valence-corrected chi connectivity index (χ1v) is 3.88. The Bertz CT molecular complexity index is 237. The summed E-state index contributed by atoms with van der Waals surface area (Å²) in [6.07, 6.45) is -4.23. The summed E-state index contributed by atoms with van der Waals surface area (Å²) >= 11 is 0. The van der Waals surface area contributed by atoms with Crippen molar-refractivity contribution in [1.29, 1.82) is 0 Å². The molecule has 0 saturated heterocycles. The Morgan fingerprint density at radius 3 is 2.36 bits per heavy atom. The van der Waals surface area contributed by atoms with Gasteiger partial charge in [0, 0.05) is 12.9 Å². The van der Waals surface area contributed by atoms with E-state index in [-0.39, 0.29) is 6.42 Å². The van der Waals surface area contributed by atoms with Crippen LogP contribution in [0.25, 0.3) is 0 Å². The van der Waals surface area contributed by atoms with E-state index in [4.69, 9.17) is 0 Å². The lowest BCUT2D eigenvalue weighted by Crippen LogP contribution is -2.13. The SMILES string of the molecule is C=C(/C(F)=C(/F)CC)[C-](F)C(F)OC. The van der Waals surface area contributed by atoms with Crippen LogP contribution in [0.2, 0.25) is 0 Å². The van der Waals surface area contributed by atoms with Crippen molar-refractivity contribution in [3.63, 3.8) is 0 Å². The highest BCUT2D eigenvalue weighted by Gasteiger charge is 2.18. The highest BCUT2D eigenvalue weighted by molar-refractivity contribution is 5.35. The Morgan fingerprint density at radius 2 is 2.00 bits per heavy atom. The van der Waals surface area contributed by atoms with Crippen molar-refractivity contribution >= 4 is 0 Å². The van der Waals surface area contributed by atoms with Gasteiger partial charge in [-0.05, 0) is 6.42 Å². The minimum absolute atomic E-state index is 0.248. The maximum absolute atomic E-state index is 12.9. The molecule has 0 spiro atoms. The molecule has 0 aliphatic heterocycles. The van der Waals surface area contributed by atoms with Crippen LogP contribution >= 0.6 is 0 Å². The number of alkyl halides is 1. The zero-order valence-electron chi connectivity index (χ0n) is 7.91. The summed E-state index contributed by atoms with van der Waals surface area (Å²) in [7, 11) is 0.898. The maximum atomic E-state index is 12.9. The predicted molar refractivity (Wildman–Crippen MR) is 44.9 cm³/mol. The molecule has 14 heavy (non-hydrogen) atoms. The third-order valence-electron chi connectivity index (χ3n) is 1.51. The third kappa shape index (κ3) is 3.06. The van der Waals surface area contributed by atoms with Crippen LogP contribution in [0.3, 0.4) is 0 Å². The minimum Gasteiger partial charge on any atom is -0.355 e. The van der Waals surface area contributed by atoms with Crippen LogP contribution in [-0.4, -0.2) is 13.5 Å². The lowest BCUT2D eigenvalue weighted by atomic mass is 10.1. The topological polar surface area (TPSA) is 9.23 Å². The number of halogens is 4. The van der Waals surface area contributed by atoms with E-state index in [1.807, 2.05) is 0 Å². The summed E-state index contributed by atoms with van der Waals surface area (Å²) in [6.45, 7) is 4.22. The van der Waals surface area contributed by atoms with Crippen molar-refractivity contribution in [1.82, 2.24) is 0 Å². The first kappa shape index (κ1) is 13.0. The monoisotopic (exact) mass is 211 g/mol. The second-order valence-electron chi connectivity index (χ2n) is 2.45. The van der Waals surface area contributed by atoms with Crippen LogP contribution in [0, 0.1) is 6.17 Å². The summed E-state index contributed by atoms with van der Waals surface area (Å²) < 4.78 is 54.7. The van der Waals surface area contributed by atoms with Gasteiger partial charge in [0.05, 0.1) is 12.0 Å². The fourth-order valence-corrected chi connectivity index (χ4v) is 0.664. The molecule has 0 aromatic heterocycles. The van der Waals surface area contributed by atoms with Crippen molar-refractivity contribution in [2.45, 2.75) is 19.7 Å². The first-order valence-electron chi connectivity index (χ1n) is 3.88. The molecule has 1 atom stereocenters. The zero-order chi connectivity index (χ0) is 11.3. The smallest absolute Gasteiger partial charge is 0.205 e. The van der Waals surface area contributed by atoms with Gasteiger partial charge in [-0.3, -0.25) is 8.78 Å². The lowest BCUT2D eigenvalue weighted by Gasteiger charge is -2.21. The molecule has 0 aromatic carbocycles. The highest BCUT2D eigenvalue weighted by atomic mass is 19.2. The minimum atomic E-state index is -2.42. The second kappa shape index (κ2) is 5.70. The van der Waals surface area contributed by atoms with Gasteiger partial charge in [0.2, 0.25) is 6.36 Å². The van der Waals surface area contributed by atoms with Crippen molar-refractivity contribution in [2.24, 2.45) is 0 Å². The summed E-state index contributed by atoms with van der Waals surface area (Å²) in [5.41, 5.74) is -0.960. The lowest BCUT2D eigenvalue weighted by molar-refractivity contribution is -0.0120. The van der Waals surface area contributed by atoms with Gasteiger partial charge in [-0.15, -0.1) is 5.57 Å². The van der Waals surface area contributed by atoms with Crippen LogP contribution in [-0.2, 0) is 4.74 Å². The van der Waals surface area contributed by atoms with E-state index in [9.17, 15) is 17.6 Å². The van der Waals surface area contributed by atoms with Gasteiger partial charge in [-0.1, -0.05) is 6.92 Å². The van der Waals surface area contributed by atoms with E-state index in [1.54, 1.807) is 0 Å². The number of methoxy groups -OCH3 is 1. The fraction of sp³-hybridized carbons (Fsp3) is 0.444. The third-order valence-corrected chi connectivity index (χ3v) is 1.51. The molecule has 1 unspecified atom stereocenters. The Hall–Kier alpha value is -0.970. The Morgan fingerprint density at radius 1 is 1.50 bits per heavy atom. The van der Waals surface area contributed by atoms with Crippen LogP contribution in [0.15, 0.2) is 23.8 Å². The van der Waals surface area contributed by atoms with Gasteiger partial charge >= 0.3 is 0 Å². The molecule has 0 heterocycles. The van der Waals surface area contributed by atoms with Crippen molar-refractivity contribution in [3.8, 4) is 0 Å². The molecule has 0 bridgehead atoms. The molecule has 82 valence electrons. The van der Waals surface area contributed by atoms with Crippen LogP contribution < -0.4 is 0 Å². The quantitative estimate of drug-likeness (QED) is 0.384. The normalized spacial score (nSPS) is 14.7. The van der Waals surface area contributed by atoms with Gasteiger partial charge in [-0.25, -0.2) is 8.78 Å². The van der Waals surface area contributed by atoms with E-state index in [2.05, 4.69) is 11.3 Å². The van der Waals surface area contributed by atoms with E-state index in [0.717, 1.165) is 7.11 Å². The fourth-order valence-electron chi connectivity index (χ4n) is 0.664. The van der Waals surface area contributed by atoms with E-state index in [0.29, 0.717) is 0 Å². The summed E-state index contributed by atoms with van der Waals surface area (Å²) in [6, 6.07) is 0.